The third-order valence-corrected chi connectivity index (χ3v) is 3.74. The van der Waals surface area contributed by atoms with Crippen LogP contribution in [0.2, 0.25) is 0 Å². The van der Waals surface area contributed by atoms with Crippen molar-refractivity contribution in [2.24, 2.45) is 0 Å². The van der Waals surface area contributed by atoms with Gasteiger partial charge in [-0.3, -0.25) is 0 Å². The van der Waals surface area contributed by atoms with Gasteiger partial charge in [-0.2, -0.15) is 0 Å². The fourth-order valence-corrected chi connectivity index (χ4v) is 2.71. The standard InChI is InChI=1S/C12H19N3OS/c16-12(13-7-11-8-17-9-14-11)15-10-5-3-1-2-4-6-10/h8-10H,1-7H2,(H2,13,15,16). The maximum atomic E-state index is 11.7. The van der Waals surface area contributed by atoms with Gasteiger partial charge in [0.2, 0.25) is 0 Å². The van der Waals surface area contributed by atoms with E-state index < -0.39 is 0 Å². The number of rotatable bonds is 3. The van der Waals surface area contributed by atoms with Crippen LogP contribution < -0.4 is 10.6 Å². The van der Waals surface area contributed by atoms with E-state index in [1.807, 2.05) is 5.38 Å². The van der Waals surface area contributed by atoms with E-state index in [4.69, 9.17) is 0 Å². The zero-order valence-electron chi connectivity index (χ0n) is 9.95. The van der Waals surface area contributed by atoms with Crippen molar-refractivity contribution in [3.8, 4) is 0 Å². The lowest BCUT2D eigenvalue weighted by Gasteiger charge is -2.16. The largest absolute Gasteiger partial charge is 0.335 e. The molecule has 0 aliphatic heterocycles. The van der Waals surface area contributed by atoms with Gasteiger partial charge in [-0.05, 0) is 12.8 Å². The monoisotopic (exact) mass is 253 g/mol. The van der Waals surface area contributed by atoms with Gasteiger partial charge >= 0.3 is 6.03 Å². The van der Waals surface area contributed by atoms with Gasteiger partial charge in [0, 0.05) is 11.4 Å². The minimum absolute atomic E-state index is 0.0649. The molecule has 1 saturated carbocycles. The minimum Gasteiger partial charge on any atom is -0.335 e. The number of urea groups is 1. The molecule has 1 aromatic heterocycles. The second-order valence-corrected chi connectivity index (χ2v) is 5.21. The predicted molar refractivity (Wildman–Crippen MR) is 69.0 cm³/mol. The van der Waals surface area contributed by atoms with Crippen LogP contribution in [0.3, 0.4) is 0 Å². The van der Waals surface area contributed by atoms with E-state index in [1.54, 1.807) is 16.8 Å². The highest BCUT2D eigenvalue weighted by atomic mass is 32.1. The molecule has 94 valence electrons. The number of nitrogens with zero attached hydrogens (tertiary/aromatic N) is 1. The van der Waals surface area contributed by atoms with Crippen molar-refractivity contribution in [2.75, 3.05) is 0 Å². The van der Waals surface area contributed by atoms with Crippen molar-refractivity contribution in [3.63, 3.8) is 0 Å². The lowest BCUT2D eigenvalue weighted by atomic mass is 10.1. The summed E-state index contributed by atoms with van der Waals surface area (Å²) >= 11 is 1.55. The second kappa shape index (κ2) is 6.59. The Bertz CT molecular complexity index is 332. The van der Waals surface area contributed by atoms with E-state index in [0.717, 1.165) is 18.5 Å². The molecule has 1 aromatic rings. The zero-order chi connectivity index (χ0) is 11.9. The molecule has 5 heteroatoms. The van der Waals surface area contributed by atoms with Gasteiger partial charge in [-0.15, -0.1) is 11.3 Å². The van der Waals surface area contributed by atoms with E-state index in [1.165, 1.54) is 25.7 Å². The Morgan fingerprint density at radius 1 is 1.35 bits per heavy atom. The molecule has 0 radical (unpaired) electrons. The van der Waals surface area contributed by atoms with Crippen molar-refractivity contribution in [2.45, 2.75) is 51.1 Å². The molecular formula is C12H19N3OS. The molecule has 1 heterocycles. The smallest absolute Gasteiger partial charge is 0.315 e. The van der Waals surface area contributed by atoms with Gasteiger partial charge < -0.3 is 10.6 Å². The second-order valence-electron chi connectivity index (χ2n) is 4.50. The van der Waals surface area contributed by atoms with Crippen LogP contribution in [0.5, 0.6) is 0 Å². The Labute approximate surface area is 106 Å². The average molecular weight is 253 g/mol. The van der Waals surface area contributed by atoms with E-state index in [2.05, 4.69) is 15.6 Å². The molecule has 0 bridgehead atoms. The highest BCUT2D eigenvalue weighted by molar-refractivity contribution is 7.07. The fraction of sp³-hybridized carbons (Fsp3) is 0.667. The lowest BCUT2D eigenvalue weighted by molar-refractivity contribution is 0.235. The number of hydrogen-bond acceptors (Lipinski definition) is 3. The summed E-state index contributed by atoms with van der Waals surface area (Å²) in [6.07, 6.45) is 7.31. The van der Waals surface area contributed by atoms with Crippen LogP contribution in [-0.4, -0.2) is 17.1 Å². The first-order valence-corrected chi connectivity index (χ1v) is 7.20. The molecule has 0 unspecified atom stereocenters. The van der Waals surface area contributed by atoms with Crippen LogP contribution in [0.15, 0.2) is 10.9 Å². The van der Waals surface area contributed by atoms with E-state index >= 15 is 0 Å². The number of carbonyl (C=O) groups is 1. The summed E-state index contributed by atoms with van der Waals surface area (Å²) in [5.74, 6) is 0. The Morgan fingerprint density at radius 3 is 2.76 bits per heavy atom. The van der Waals surface area contributed by atoms with Gasteiger partial charge in [0.25, 0.3) is 0 Å². The SMILES string of the molecule is O=C(NCc1cscn1)NC1CCCCCC1. The van der Waals surface area contributed by atoms with Crippen molar-refractivity contribution < 1.29 is 4.79 Å². The van der Waals surface area contributed by atoms with Crippen LogP contribution in [0.4, 0.5) is 4.79 Å². The summed E-state index contributed by atoms with van der Waals surface area (Å²) in [4.78, 5) is 15.8. The Hall–Kier alpha value is -1.10. The normalized spacial score (nSPS) is 17.4. The number of hydrogen-bond donors (Lipinski definition) is 2. The third-order valence-electron chi connectivity index (χ3n) is 3.10. The first-order valence-electron chi connectivity index (χ1n) is 6.26. The van der Waals surface area contributed by atoms with E-state index in [0.29, 0.717) is 12.6 Å². The Balaban J connectivity index is 1.69. The third kappa shape index (κ3) is 4.34. The van der Waals surface area contributed by atoms with Gasteiger partial charge in [-0.1, -0.05) is 25.7 Å². The van der Waals surface area contributed by atoms with Crippen molar-refractivity contribution in [1.82, 2.24) is 15.6 Å². The first kappa shape index (κ1) is 12.4. The molecule has 0 spiro atoms. The molecule has 2 rings (SSSR count). The number of nitrogens with one attached hydrogen (secondary N) is 2. The van der Waals surface area contributed by atoms with Gasteiger partial charge in [0.1, 0.15) is 0 Å². The molecule has 2 N–H and O–H groups in total. The van der Waals surface area contributed by atoms with Gasteiger partial charge in [-0.25, -0.2) is 9.78 Å². The maximum Gasteiger partial charge on any atom is 0.315 e. The molecule has 2 amide bonds. The number of thiazole rings is 1. The first-order chi connectivity index (χ1) is 8.34. The van der Waals surface area contributed by atoms with Crippen molar-refractivity contribution in [3.05, 3.63) is 16.6 Å². The Kier molecular flexibility index (Phi) is 4.79. The minimum atomic E-state index is -0.0649. The van der Waals surface area contributed by atoms with Crippen LogP contribution in [0.25, 0.3) is 0 Å². The Morgan fingerprint density at radius 2 is 2.12 bits per heavy atom. The molecule has 0 aromatic carbocycles. The number of carbonyl (C=O) groups excluding carboxylic acids is 1. The molecule has 4 nitrogen and oxygen atoms in total. The van der Waals surface area contributed by atoms with E-state index in [9.17, 15) is 4.79 Å². The van der Waals surface area contributed by atoms with Crippen LogP contribution in [0, 0.1) is 0 Å². The summed E-state index contributed by atoms with van der Waals surface area (Å²) in [7, 11) is 0. The van der Waals surface area contributed by atoms with Gasteiger partial charge in [0.15, 0.2) is 0 Å². The molecule has 0 atom stereocenters. The molecule has 17 heavy (non-hydrogen) atoms. The van der Waals surface area contributed by atoms with E-state index in [-0.39, 0.29) is 6.03 Å². The van der Waals surface area contributed by atoms with Crippen LogP contribution >= 0.6 is 11.3 Å². The molecular weight excluding hydrogens is 234 g/mol. The van der Waals surface area contributed by atoms with Gasteiger partial charge in [0.05, 0.1) is 17.7 Å². The summed E-state index contributed by atoms with van der Waals surface area (Å²) in [5.41, 5.74) is 2.70. The van der Waals surface area contributed by atoms with Crippen LogP contribution in [0.1, 0.15) is 44.2 Å². The highest BCUT2D eigenvalue weighted by Crippen LogP contribution is 2.16. The topological polar surface area (TPSA) is 54.0 Å². The van der Waals surface area contributed by atoms with Crippen molar-refractivity contribution in [1.29, 1.82) is 0 Å². The lowest BCUT2D eigenvalue weighted by Crippen LogP contribution is -2.41. The quantitative estimate of drug-likeness (QED) is 0.814. The average Bonchev–Trinajstić information content (AvgIpc) is 2.72. The van der Waals surface area contributed by atoms with Crippen LogP contribution in [-0.2, 0) is 6.54 Å². The number of amides is 2. The summed E-state index contributed by atoms with van der Waals surface area (Å²) in [5, 5.41) is 7.84. The molecule has 1 fully saturated rings. The predicted octanol–water partition coefficient (Wildman–Crippen LogP) is 2.67. The highest BCUT2D eigenvalue weighted by Gasteiger charge is 2.14. The summed E-state index contributed by atoms with van der Waals surface area (Å²) < 4.78 is 0. The molecule has 0 saturated heterocycles. The summed E-state index contributed by atoms with van der Waals surface area (Å²) in [6, 6.07) is 0.290. The summed E-state index contributed by atoms with van der Waals surface area (Å²) in [6.45, 7) is 0.516. The zero-order valence-corrected chi connectivity index (χ0v) is 10.8. The molecule has 1 aliphatic carbocycles. The maximum absolute atomic E-state index is 11.7. The van der Waals surface area contributed by atoms with Crippen molar-refractivity contribution >= 4 is 17.4 Å². The number of aromatic nitrogens is 1. The molecule has 1 aliphatic rings. The fourth-order valence-electron chi connectivity index (χ4n) is 2.16.